The van der Waals surface area contributed by atoms with Gasteiger partial charge in [0.1, 0.15) is 0 Å². The molecule has 0 aromatic heterocycles. The molecule has 2 nitrogen and oxygen atoms in total. The summed E-state index contributed by atoms with van der Waals surface area (Å²) in [5, 5.41) is 9.04. The Labute approximate surface area is 105 Å². The van der Waals surface area contributed by atoms with E-state index in [4.69, 9.17) is 5.11 Å². The lowest BCUT2D eigenvalue weighted by Crippen LogP contribution is -2.34. The summed E-state index contributed by atoms with van der Waals surface area (Å²) in [6.07, 6.45) is 12.4. The molecule has 2 rings (SSSR count). The normalized spacial score (nSPS) is 38.2. The van der Waals surface area contributed by atoms with Crippen molar-refractivity contribution in [2.45, 2.75) is 71.1 Å². The number of aliphatic carboxylic acids is 1. The Bertz CT molecular complexity index is 254. The highest BCUT2D eigenvalue weighted by atomic mass is 16.4. The van der Waals surface area contributed by atoms with E-state index in [1.165, 1.54) is 51.4 Å². The molecule has 1 spiro atoms. The van der Waals surface area contributed by atoms with Crippen molar-refractivity contribution in [3.63, 3.8) is 0 Å². The Balaban J connectivity index is 1.82. The zero-order valence-electron chi connectivity index (χ0n) is 11.1. The zero-order valence-corrected chi connectivity index (χ0v) is 11.1. The molecule has 2 fully saturated rings. The van der Waals surface area contributed by atoms with Crippen LogP contribution in [0.15, 0.2) is 0 Å². The van der Waals surface area contributed by atoms with Crippen LogP contribution in [0.4, 0.5) is 0 Å². The largest absolute Gasteiger partial charge is 0.481 e. The van der Waals surface area contributed by atoms with Gasteiger partial charge in [0.05, 0.1) is 5.92 Å². The molecular weight excluding hydrogens is 212 g/mol. The third kappa shape index (κ3) is 3.02. The minimum Gasteiger partial charge on any atom is -0.481 e. The van der Waals surface area contributed by atoms with Crippen molar-refractivity contribution in [2.75, 3.05) is 0 Å². The Morgan fingerprint density at radius 1 is 1.12 bits per heavy atom. The fourth-order valence-electron chi connectivity index (χ4n) is 3.96. The Morgan fingerprint density at radius 3 is 2.12 bits per heavy atom. The maximum Gasteiger partial charge on any atom is 0.306 e. The van der Waals surface area contributed by atoms with Crippen molar-refractivity contribution in [1.29, 1.82) is 0 Å². The zero-order chi connectivity index (χ0) is 12.3. The van der Waals surface area contributed by atoms with Gasteiger partial charge in [-0.3, -0.25) is 4.79 Å². The average Bonchev–Trinajstić information content (AvgIpc) is 2.33. The van der Waals surface area contributed by atoms with Crippen LogP contribution in [0.3, 0.4) is 0 Å². The van der Waals surface area contributed by atoms with Crippen molar-refractivity contribution in [3.05, 3.63) is 0 Å². The number of carboxylic acid groups (broad SMARTS) is 1. The van der Waals surface area contributed by atoms with Crippen LogP contribution in [0.1, 0.15) is 71.1 Å². The molecule has 0 radical (unpaired) electrons. The predicted molar refractivity (Wildman–Crippen MR) is 68.9 cm³/mol. The molecule has 0 aromatic carbocycles. The van der Waals surface area contributed by atoms with Gasteiger partial charge in [0.25, 0.3) is 0 Å². The van der Waals surface area contributed by atoms with Gasteiger partial charge < -0.3 is 5.11 Å². The van der Waals surface area contributed by atoms with Crippen LogP contribution in [-0.4, -0.2) is 11.1 Å². The van der Waals surface area contributed by atoms with Crippen molar-refractivity contribution >= 4 is 5.97 Å². The quantitative estimate of drug-likeness (QED) is 0.798. The van der Waals surface area contributed by atoms with Crippen LogP contribution in [0.5, 0.6) is 0 Å². The number of rotatable bonds is 3. The second-order valence-electron chi connectivity index (χ2n) is 6.34. The van der Waals surface area contributed by atoms with E-state index < -0.39 is 5.97 Å². The Hall–Kier alpha value is -0.530. The van der Waals surface area contributed by atoms with E-state index in [0.717, 1.165) is 18.8 Å². The van der Waals surface area contributed by atoms with Crippen LogP contribution in [-0.2, 0) is 4.79 Å². The van der Waals surface area contributed by atoms with Gasteiger partial charge in [-0.15, -0.1) is 0 Å². The van der Waals surface area contributed by atoms with Crippen molar-refractivity contribution in [3.8, 4) is 0 Å². The van der Waals surface area contributed by atoms with Crippen LogP contribution in [0, 0.1) is 17.3 Å². The third-order valence-corrected chi connectivity index (χ3v) is 5.26. The monoisotopic (exact) mass is 238 g/mol. The first-order valence-corrected chi connectivity index (χ1v) is 7.38. The highest BCUT2D eigenvalue weighted by Gasteiger charge is 2.39. The molecule has 98 valence electrons. The average molecular weight is 238 g/mol. The minimum absolute atomic E-state index is 0.0472. The van der Waals surface area contributed by atoms with Gasteiger partial charge in [-0.1, -0.05) is 19.8 Å². The van der Waals surface area contributed by atoms with Gasteiger partial charge in [-0.25, -0.2) is 0 Å². The highest BCUT2D eigenvalue weighted by Crippen LogP contribution is 2.50. The van der Waals surface area contributed by atoms with E-state index in [1.54, 1.807) is 0 Å². The molecule has 0 amide bonds. The molecule has 0 bridgehead atoms. The highest BCUT2D eigenvalue weighted by molar-refractivity contribution is 5.70. The smallest absolute Gasteiger partial charge is 0.306 e. The molecule has 0 saturated heterocycles. The van der Waals surface area contributed by atoms with E-state index in [2.05, 4.69) is 6.92 Å². The molecule has 2 saturated carbocycles. The predicted octanol–water partition coefficient (Wildman–Crippen LogP) is 4.24. The van der Waals surface area contributed by atoms with Crippen LogP contribution < -0.4 is 0 Å². The molecule has 2 aliphatic rings. The number of hydrogen-bond acceptors (Lipinski definition) is 1. The number of carbonyl (C=O) groups is 1. The maximum absolute atomic E-state index is 11.0. The summed E-state index contributed by atoms with van der Waals surface area (Å²) in [6, 6.07) is 0. The fraction of sp³-hybridized carbons (Fsp3) is 0.933. The first-order chi connectivity index (χ1) is 8.15. The first-order valence-electron chi connectivity index (χ1n) is 7.38. The summed E-state index contributed by atoms with van der Waals surface area (Å²) < 4.78 is 0. The molecule has 0 unspecified atom stereocenters. The summed E-state index contributed by atoms with van der Waals surface area (Å²) in [4.78, 5) is 11.0. The van der Waals surface area contributed by atoms with E-state index in [9.17, 15) is 4.79 Å². The van der Waals surface area contributed by atoms with Crippen molar-refractivity contribution in [1.82, 2.24) is 0 Å². The molecule has 0 heterocycles. The van der Waals surface area contributed by atoms with E-state index >= 15 is 0 Å². The van der Waals surface area contributed by atoms with E-state index in [-0.39, 0.29) is 5.92 Å². The first kappa shape index (κ1) is 12.9. The molecule has 2 heteroatoms. The lowest BCUT2D eigenvalue weighted by Gasteiger charge is -2.44. The van der Waals surface area contributed by atoms with Crippen LogP contribution in [0.25, 0.3) is 0 Å². The van der Waals surface area contributed by atoms with Crippen LogP contribution >= 0.6 is 0 Å². The van der Waals surface area contributed by atoms with Gasteiger partial charge >= 0.3 is 5.97 Å². The summed E-state index contributed by atoms with van der Waals surface area (Å²) in [6.45, 7) is 2.28. The molecule has 0 atom stereocenters. The lowest BCUT2D eigenvalue weighted by atomic mass is 9.61. The van der Waals surface area contributed by atoms with Crippen molar-refractivity contribution in [2.24, 2.45) is 17.3 Å². The number of hydrogen-bond donors (Lipinski definition) is 1. The molecular formula is C15H26O2. The molecule has 1 N–H and O–H groups in total. The second kappa shape index (κ2) is 5.41. The van der Waals surface area contributed by atoms with Crippen molar-refractivity contribution < 1.29 is 9.90 Å². The van der Waals surface area contributed by atoms with Crippen LogP contribution in [0.2, 0.25) is 0 Å². The lowest BCUT2D eigenvalue weighted by molar-refractivity contribution is -0.144. The summed E-state index contributed by atoms with van der Waals surface area (Å²) in [5.74, 6) is 0.344. The summed E-state index contributed by atoms with van der Waals surface area (Å²) in [7, 11) is 0. The number of carboxylic acids is 1. The maximum atomic E-state index is 11.0. The van der Waals surface area contributed by atoms with E-state index in [0.29, 0.717) is 5.41 Å². The standard InChI is InChI=1S/C15H26O2/c1-2-3-12-4-8-15(9-5-12)10-6-13(7-11-15)14(16)17/h12-13H,2-11H2,1H3,(H,16,17). The third-order valence-electron chi connectivity index (χ3n) is 5.26. The molecule has 17 heavy (non-hydrogen) atoms. The van der Waals surface area contributed by atoms with E-state index in [1.807, 2.05) is 0 Å². The van der Waals surface area contributed by atoms with Gasteiger partial charge in [-0.2, -0.15) is 0 Å². The summed E-state index contributed by atoms with van der Waals surface area (Å²) >= 11 is 0. The molecule has 0 aromatic rings. The minimum atomic E-state index is -0.570. The SMILES string of the molecule is CCCC1CCC2(CC1)CCC(C(=O)O)CC2. The summed E-state index contributed by atoms with van der Waals surface area (Å²) in [5.41, 5.74) is 0.538. The fourth-order valence-corrected chi connectivity index (χ4v) is 3.96. The molecule has 0 aliphatic heterocycles. The second-order valence-corrected chi connectivity index (χ2v) is 6.34. The van der Waals surface area contributed by atoms with Gasteiger partial charge in [0, 0.05) is 0 Å². The molecule has 2 aliphatic carbocycles. The Morgan fingerprint density at radius 2 is 1.65 bits per heavy atom. The van der Waals surface area contributed by atoms with Gasteiger partial charge in [0.2, 0.25) is 0 Å². The Kier molecular flexibility index (Phi) is 4.11. The van der Waals surface area contributed by atoms with Gasteiger partial charge in [-0.05, 0) is 62.7 Å². The van der Waals surface area contributed by atoms with Gasteiger partial charge in [0.15, 0.2) is 0 Å². The topological polar surface area (TPSA) is 37.3 Å².